The van der Waals surface area contributed by atoms with E-state index >= 15 is 0 Å². The number of rotatable bonds is 7. The highest BCUT2D eigenvalue weighted by Crippen LogP contribution is 2.26. The number of benzene rings is 2. The van der Waals surface area contributed by atoms with Gasteiger partial charge in [0.25, 0.3) is 0 Å². The van der Waals surface area contributed by atoms with Gasteiger partial charge < -0.3 is 9.47 Å². The van der Waals surface area contributed by atoms with Crippen LogP contribution in [0.15, 0.2) is 72.9 Å². The second kappa shape index (κ2) is 10.9. The van der Waals surface area contributed by atoms with Crippen molar-refractivity contribution in [3.63, 3.8) is 0 Å². The first-order valence-corrected chi connectivity index (χ1v) is 12.1. The van der Waals surface area contributed by atoms with E-state index in [2.05, 4.69) is 75.4 Å². The van der Waals surface area contributed by atoms with E-state index in [1.807, 2.05) is 12.3 Å². The van der Waals surface area contributed by atoms with Crippen LogP contribution < -0.4 is 4.74 Å². The number of aromatic nitrogens is 1. The standard InChI is InChI=1S/C28H33N3O2/c1-2-6-23(7-3-1)22-33-27-11-14-30(15-12-27)19-24-9-10-28-25(18-24)20-31(16-17-32-28)21-26-8-4-5-13-29-26/h1-10,13,18,27H,11-12,14-17,19-22H2. The quantitative estimate of drug-likeness (QED) is 0.531. The molecule has 3 aromatic rings. The van der Waals surface area contributed by atoms with Gasteiger partial charge in [0.15, 0.2) is 0 Å². The van der Waals surface area contributed by atoms with E-state index in [9.17, 15) is 0 Å². The summed E-state index contributed by atoms with van der Waals surface area (Å²) in [4.78, 5) is 9.46. The minimum absolute atomic E-state index is 0.363. The van der Waals surface area contributed by atoms with Gasteiger partial charge in [-0.25, -0.2) is 0 Å². The van der Waals surface area contributed by atoms with Crippen molar-refractivity contribution in [2.75, 3.05) is 26.2 Å². The maximum Gasteiger partial charge on any atom is 0.123 e. The van der Waals surface area contributed by atoms with E-state index in [4.69, 9.17) is 9.47 Å². The van der Waals surface area contributed by atoms with Crippen LogP contribution in [0.25, 0.3) is 0 Å². The maximum absolute atomic E-state index is 6.16. The van der Waals surface area contributed by atoms with E-state index in [0.29, 0.717) is 12.7 Å². The number of hydrogen-bond acceptors (Lipinski definition) is 5. The third-order valence-corrected chi connectivity index (χ3v) is 6.56. The third kappa shape index (κ3) is 6.20. The zero-order chi connectivity index (χ0) is 22.3. The predicted molar refractivity (Wildman–Crippen MR) is 130 cm³/mol. The highest BCUT2D eigenvalue weighted by molar-refractivity contribution is 5.38. The lowest BCUT2D eigenvalue weighted by molar-refractivity contribution is -0.00394. The van der Waals surface area contributed by atoms with E-state index in [0.717, 1.165) is 70.2 Å². The number of piperidine rings is 1. The van der Waals surface area contributed by atoms with Crippen molar-refractivity contribution < 1.29 is 9.47 Å². The van der Waals surface area contributed by atoms with Gasteiger partial charge in [0, 0.05) is 51.0 Å². The molecule has 3 heterocycles. The van der Waals surface area contributed by atoms with Gasteiger partial charge in [0.2, 0.25) is 0 Å². The Morgan fingerprint density at radius 3 is 2.52 bits per heavy atom. The number of ether oxygens (including phenoxy) is 2. The molecule has 0 amide bonds. The number of pyridine rings is 1. The van der Waals surface area contributed by atoms with Crippen molar-refractivity contribution in [3.8, 4) is 5.75 Å². The summed E-state index contributed by atoms with van der Waals surface area (Å²) in [6, 6.07) is 23.3. The zero-order valence-corrected chi connectivity index (χ0v) is 19.2. The molecule has 0 spiro atoms. The minimum Gasteiger partial charge on any atom is -0.492 e. The van der Waals surface area contributed by atoms with E-state index in [1.54, 1.807) is 0 Å². The largest absolute Gasteiger partial charge is 0.492 e. The first kappa shape index (κ1) is 22.1. The molecule has 0 bridgehead atoms. The first-order chi connectivity index (χ1) is 16.3. The SMILES string of the molecule is c1ccc(COC2CCN(Cc3ccc4c(c3)CN(Cc3ccccn3)CCO4)CC2)cc1. The Hall–Kier alpha value is -2.73. The molecule has 2 aliphatic heterocycles. The lowest BCUT2D eigenvalue weighted by atomic mass is 10.0. The van der Waals surface area contributed by atoms with E-state index in [1.165, 1.54) is 16.7 Å². The van der Waals surface area contributed by atoms with Crippen LogP contribution in [0.1, 0.15) is 35.2 Å². The molecule has 2 aliphatic rings. The van der Waals surface area contributed by atoms with Crippen LogP contribution in [0, 0.1) is 0 Å². The van der Waals surface area contributed by atoms with Gasteiger partial charge in [-0.05, 0) is 48.2 Å². The second-order valence-electron chi connectivity index (χ2n) is 9.09. The summed E-state index contributed by atoms with van der Waals surface area (Å²) in [5, 5.41) is 0. The molecule has 33 heavy (non-hydrogen) atoms. The Labute approximate surface area is 197 Å². The van der Waals surface area contributed by atoms with E-state index < -0.39 is 0 Å². The molecule has 0 radical (unpaired) electrons. The monoisotopic (exact) mass is 443 g/mol. The van der Waals surface area contributed by atoms with Gasteiger partial charge in [0.05, 0.1) is 18.4 Å². The summed E-state index contributed by atoms with van der Waals surface area (Å²) in [5.41, 5.74) is 5.00. The van der Waals surface area contributed by atoms with Gasteiger partial charge in [0.1, 0.15) is 12.4 Å². The second-order valence-corrected chi connectivity index (χ2v) is 9.09. The first-order valence-electron chi connectivity index (χ1n) is 12.1. The summed E-state index contributed by atoms with van der Waals surface area (Å²) in [6.45, 7) is 7.24. The fourth-order valence-electron chi connectivity index (χ4n) is 4.74. The molecule has 0 N–H and O–H groups in total. The lowest BCUT2D eigenvalue weighted by Gasteiger charge is -2.32. The summed E-state index contributed by atoms with van der Waals surface area (Å²) in [6.07, 6.45) is 4.42. The van der Waals surface area contributed by atoms with Crippen LogP contribution in [0.5, 0.6) is 5.75 Å². The zero-order valence-electron chi connectivity index (χ0n) is 19.2. The van der Waals surface area contributed by atoms with Crippen LogP contribution in [0.2, 0.25) is 0 Å². The molecule has 5 rings (SSSR count). The summed E-state index contributed by atoms with van der Waals surface area (Å²) >= 11 is 0. The van der Waals surface area contributed by atoms with Crippen molar-refractivity contribution in [1.29, 1.82) is 0 Å². The molecule has 1 fully saturated rings. The Morgan fingerprint density at radius 2 is 1.70 bits per heavy atom. The highest BCUT2D eigenvalue weighted by atomic mass is 16.5. The lowest BCUT2D eigenvalue weighted by Crippen LogP contribution is -2.36. The molecule has 1 aromatic heterocycles. The number of hydrogen-bond donors (Lipinski definition) is 0. The third-order valence-electron chi connectivity index (χ3n) is 6.56. The van der Waals surface area contributed by atoms with Crippen molar-refractivity contribution in [2.24, 2.45) is 0 Å². The predicted octanol–water partition coefficient (Wildman–Crippen LogP) is 4.66. The van der Waals surface area contributed by atoms with Gasteiger partial charge in [-0.2, -0.15) is 0 Å². The Kier molecular flexibility index (Phi) is 7.31. The molecule has 0 atom stereocenters. The van der Waals surface area contributed by atoms with Crippen molar-refractivity contribution in [3.05, 3.63) is 95.3 Å². The van der Waals surface area contributed by atoms with Crippen molar-refractivity contribution in [2.45, 2.75) is 45.2 Å². The number of fused-ring (bicyclic) bond motifs is 1. The van der Waals surface area contributed by atoms with Crippen molar-refractivity contribution >= 4 is 0 Å². The van der Waals surface area contributed by atoms with Gasteiger partial charge in [-0.15, -0.1) is 0 Å². The van der Waals surface area contributed by atoms with Crippen LogP contribution in [-0.2, 0) is 31.0 Å². The summed E-state index contributed by atoms with van der Waals surface area (Å²) in [7, 11) is 0. The summed E-state index contributed by atoms with van der Waals surface area (Å²) in [5.74, 6) is 1.02. The highest BCUT2D eigenvalue weighted by Gasteiger charge is 2.21. The average molecular weight is 444 g/mol. The molecule has 5 nitrogen and oxygen atoms in total. The molecular formula is C28H33N3O2. The van der Waals surface area contributed by atoms with Crippen LogP contribution in [0.4, 0.5) is 0 Å². The molecule has 2 aromatic carbocycles. The van der Waals surface area contributed by atoms with Crippen LogP contribution in [-0.4, -0.2) is 47.1 Å². The Balaban J connectivity index is 1.14. The topological polar surface area (TPSA) is 37.8 Å². The normalized spacial score (nSPS) is 17.8. The Morgan fingerprint density at radius 1 is 0.848 bits per heavy atom. The molecule has 172 valence electrons. The molecular weight excluding hydrogens is 410 g/mol. The molecule has 0 saturated carbocycles. The van der Waals surface area contributed by atoms with Gasteiger partial charge in [-0.1, -0.05) is 42.5 Å². The molecule has 5 heteroatoms. The number of nitrogens with zero attached hydrogens (tertiary/aromatic N) is 3. The van der Waals surface area contributed by atoms with Gasteiger partial charge in [-0.3, -0.25) is 14.8 Å². The van der Waals surface area contributed by atoms with Crippen molar-refractivity contribution in [1.82, 2.24) is 14.8 Å². The molecule has 0 aliphatic carbocycles. The van der Waals surface area contributed by atoms with Crippen LogP contribution >= 0.6 is 0 Å². The maximum atomic E-state index is 6.16. The molecule has 0 unspecified atom stereocenters. The number of likely N-dealkylation sites (tertiary alicyclic amines) is 1. The molecule has 1 saturated heterocycles. The minimum atomic E-state index is 0.363. The summed E-state index contributed by atoms with van der Waals surface area (Å²) < 4.78 is 12.2. The average Bonchev–Trinajstić information content (AvgIpc) is 3.06. The fraction of sp³-hybridized carbons (Fsp3) is 0.393. The van der Waals surface area contributed by atoms with E-state index in [-0.39, 0.29) is 0 Å². The van der Waals surface area contributed by atoms with Crippen LogP contribution in [0.3, 0.4) is 0 Å². The fourth-order valence-corrected chi connectivity index (χ4v) is 4.74. The smallest absolute Gasteiger partial charge is 0.123 e. The Bertz CT molecular complexity index is 1000. The van der Waals surface area contributed by atoms with Gasteiger partial charge >= 0.3 is 0 Å².